The summed E-state index contributed by atoms with van der Waals surface area (Å²) in [7, 11) is -4.30. The van der Waals surface area contributed by atoms with E-state index < -0.39 is 29.8 Å². The molecule has 0 fully saturated rings. The van der Waals surface area contributed by atoms with Crippen LogP contribution >= 0.6 is 0 Å². The highest BCUT2D eigenvalue weighted by molar-refractivity contribution is 6.84. The summed E-state index contributed by atoms with van der Waals surface area (Å²) in [6.45, 7) is 30.5. The minimum atomic E-state index is -1.51. The van der Waals surface area contributed by atoms with Crippen LogP contribution in [0.25, 0.3) is 0 Å². The van der Waals surface area contributed by atoms with Crippen LogP contribution in [0.3, 0.4) is 0 Å². The molecule has 0 aliphatic rings. The first-order chi connectivity index (χ1) is 10.1. The molecule has 0 radical (unpaired) electrons. The highest BCUT2D eigenvalue weighted by Gasteiger charge is 2.46. The van der Waals surface area contributed by atoms with E-state index in [4.69, 9.17) is 0 Å². The zero-order valence-corrected chi connectivity index (χ0v) is 21.9. The topological polar surface area (TPSA) is 20.2 Å². The van der Waals surface area contributed by atoms with Crippen LogP contribution in [0.5, 0.6) is 0 Å². The Kier molecular flexibility index (Phi) is 7.11. The summed E-state index contributed by atoms with van der Waals surface area (Å²) in [5, 5.41) is 12.0. The van der Waals surface area contributed by atoms with E-state index in [9.17, 15) is 5.11 Å². The van der Waals surface area contributed by atoms with Gasteiger partial charge < -0.3 is 5.11 Å². The summed E-state index contributed by atoms with van der Waals surface area (Å²) in [5.74, 6) is 3.40. The third-order valence-electron chi connectivity index (χ3n) is 6.20. The Bertz CT molecular complexity index is 460. The monoisotopic (exact) mass is 384 g/mol. The summed E-state index contributed by atoms with van der Waals surface area (Å²) in [6.07, 6.45) is 1.59. The molecular formula is C20H44OSi3. The van der Waals surface area contributed by atoms with Crippen LogP contribution in [0.2, 0.25) is 69.0 Å². The lowest BCUT2D eigenvalue weighted by molar-refractivity contribution is 0.0594. The van der Waals surface area contributed by atoms with Crippen LogP contribution in [0, 0.1) is 11.5 Å². The highest BCUT2D eigenvalue weighted by Crippen LogP contribution is 2.50. The summed E-state index contributed by atoms with van der Waals surface area (Å²) in [6, 6.07) is 0. The molecule has 0 saturated heterocycles. The minimum Gasteiger partial charge on any atom is -0.378 e. The van der Waals surface area contributed by atoms with Crippen LogP contribution in [-0.2, 0) is 0 Å². The minimum absolute atomic E-state index is 0.158. The Morgan fingerprint density at radius 1 is 0.667 bits per heavy atom. The maximum atomic E-state index is 11.7. The van der Waals surface area contributed by atoms with Gasteiger partial charge in [-0.05, 0) is 22.9 Å². The molecule has 0 amide bonds. The van der Waals surface area contributed by atoms with Gasteiger partial charge in [-0.25, -0.2) is 0 Å². The molecular weight excluding hydrogens is 340 g/mol. The third-order valence-corrected chi connectivity index (χ3v) is 15.5. The molecule has 0 bridgehead atoms. The van der Waals surface area contributed by atoms with Gasteiger partial charge in [-0.2, -0.15) is 0 Å². The van der Waals surface area contributed by atoms with Crippen molar-refractivity contribution in [3.63, 3.8) is 0 Å². The Hall–Kier alpha value is 0.171. The van der Waals surface area contributed by atoms with E-state index in [0.717, 1.165) is 12.8 Å². The zero-order valence-electron chi connectivity index (χ0n) is 18.9. The highest BCUT2D eigenvalue weighted by atomic mass is 28.3. The van der Waals surface area contributed by atoms with Crippen LogP contribution in [-0.4, -0.2) is 34.9 Å². The average molecular weight is 385 g/mol. The van der Waals surface area contributed by atoms with Gasteiger partial charge in [0.15, 0.2) is 0 Å². The molecule has 0 unspecified atom stereocenters. The summed E-state index contributed by atoms with van der Waals surface area (Å²) in [4.78, 5) is 0. The predicted molar refractivity (Wildman–Crippen MR) is 120 cm³/mol. The number of hydrogen-bond donors (Lipinski definition) is 1. The normalized spacial score (nSPS) is 15.1. The second kappa shape index (κ2) is 7.06. The third kappa shape index (κ3) is 7.19. The second-order valence-electron chi connectivity index (χ2n) is 12.2. The Morgan fingerprint density at radius 2 is 0.958 bits per heavy atom. The maximum absolute atomic E-state index is 11.7. The van der Waals surface area contributed by atoms with E-state index in [2.05, 4.69) is 98.1 Å². The van der Waals surface area contributed by atoms with Gasteiger partial charge in [-0.15, -0.1) is 5.54 Å². The summed E-state index contributed by atoms with van der Waals surface area (Å²) < 4.78 is 0. The van der Waals surface area contributed by atoms with Gasteiger partial charge in [-0.1, -0.05) is 92.5 Å². The summed E-state index contributed by atoms with van der Waals surface area (Å²) >= 11 is 0. The van der Waals surface area contributed by atoms with Crippen LogP contribution in [0.15, 0.2) is 0 Å². The van der Waals surface area contributed by atoms with E-state index in [1.54, 1.807) is 0 Å². The fraction of sp³-hybridized carbons (Fsp3) is 0.900. The molecule has 24 heavy (non-hydrogen) atoms. The van der Waals surface area contributed by atoms with Crippen molar-refractivity contribution in [2.45, 2.75) is 115 Å². The summed E-state index contributed by atoms with van der Waals surface area (Å²) in [5.41, 5.74) is 2.61. The molecule has 142 valence electrons. The van der Waals surface area contributed by atoms with Crippen molar-refractivity contribution in [2.24, 2.45) is 0 Å². The van der Waals surface area contributed by atoms with Gasteiger partial charge >= 0.3 is 0 Å². The largest absolute Gasteiger partial charge is 0.378 e. The molecule has 0 spiro atoms. The lowest BCUT2D eigenvalue weighted by Gasteiger charge is -2.46. The van der Waals surface area contributed by atoms with Gasteiger partial charge in [0.2, 0.25) is 0 Å². The lowest BCUT2D eigenvalue weighted by Crippen LogP contribution is -2.47. The van der Waals surface area contributed by atoms with Gasteiger partial charge in [0.05, 0.1) is 16.1 Å². The van der Waals surface area contributed by atoms with Crippen molar-refractivity contribution >= 4 is 24.2 Å². The van der Waals surface area contributed by atoms with Gasteiger partial charge in [0.25, 0.3) is 0 Å². The molecule has 4 heteroatoms. The first-order valence-electron chi connectivity index (χ1n) is 9.39. The molecule has 0 aliphatic carbocycles. The quantitative estimate of drug-likeness (QED) is 0.403. The Morgan fingerprint density at radius 3 is 1.17 bits per heavy atom. The molecule has 0 rings (SSSR count). The molecule has 0 aromatic heterocycles. The van der Waals surface area contributed by atoms with Crippen molar-refractivity contribution in [1.29, 1.82) is 0 Å². The van der Waals surface area contributed by atoms with Gasteiger partial charge in [0.1, 0.15) is 13.7 Å². The van der Waals surface area contributed by atoms with Crippen molar-refractivity contribution in [2.75, 3.05) is 0 Å². The van der Waals surface area contributed by atoms with Crippen molar-refractivity contribution < 1.29 is 5.11 Å². The first kappa shape index (κ1) is 24.2. The lowest BCUT2D eigenvalue weighted by atomic mass is 9.84. The molecule has 0 aromatic rings. The van der Waals surface area contributed by atoms with E-state index in [0.29, 0.717) is 0 Å². The number of rotatable bonds is 6. The average Bonchev–Trinajstić information content (AvgIpc) is 2.20. The fourth-order valence-electron chi connectivity index (χ4n) is 2.45. The van der Waals surface area contributed by atoms with E-state index >= 15 is 0 Å². The molecule has 1 N–H and O–H groups in total. The predicted octanol–water partition coefficient (Wildman–Crippen LogP) is 6.62. The van der Waals surface area contributed by atoms with Crippen LogP contribution in [0.4, 0.5) is 0 Å². The second-order valence-corrected chi connectivity index (χ2v) is 28.6. The molecule has 1 nitrogen and oxygen atoms in total. The number of aliphatic hydroxyl groups is 1. The Labute approximate surface area is 156 Å². The van der Waals surface area contributed by atoms with Crippen molar-refractivity contribution in [3.8, 4) is 11.5 Å². The standard InChI is InChI=1S/C20H44OSi3/c1-18(2,23(8,9)10)16-20(21,14-15-22(5,6)7)17-19(3,4)24(11,12)13/h21H,16-17H2,1-13H3. The maximum Gasteiger partial charge on any atom is 0.129 e. The van der Waals surface area contributed by atoms with E-state index in [1.165, 1.54) is 0 Å². The zero-order chi connectivity index (χ0) is 19.8. The molecule has 0 atom stereocenters. The van der Waals surface area contributed by atoms with Crippen molar-refractivity contribution in [3.05, 3.63) is 0 Å². The fourth-order valence-corrected chi connectivity index (χ4v) is 4.70. The SMILES string of the molecule is CC(C)(CC(O)(C#C[Si](C)(C)C)CC(C)(C)[Si](C)(C)C)[Si](C)(C)C. The van der Waals surface area contributed by atoms with Gasteiger partial charge in [-0.3, -0.25) is 0 Å². The van der Waals surface area contributed by atoms with Gasteiger partial charge in [0, 0.05) is 0 Å². The van der Waals surface area contributed by atoms with Crippen LogP contribution in [0.1, 0.15) is 40.5 Å². The smallest absolute Gasteiger partial charge is 0.129 e. The van der Waals surface area contributed by atoms with Crippen molar-refractivity contribution in [1.82, 2.24) is 0 Å². The molecule has 0 heterocycles. The van der Waals surface area contributed by atoms with E-state index in [1.807, 2.05) is 0 Å². The van der Waals surface area contributed by atoms with Crippen LogP contribution < -0.4 is 0 Å². The first-order valence-corrected chi connectivity index (χ1v) is 19.9. The molecule has 0 saturated carbocycles. The Balaban J connectivity index is 5.92. The number of hydrogen-bond acceptors (Lipinski definition) is 1. The molecule has 0 aromatic carbocycles. The van der Waals surface area contributed by atoms with E-state index in [-0.39, 0.29) is 10.1 Å². The molecule has 0 aliphatic heterocycles.